The Labute approximate surface area is 120 Å². The fraction of sp³-hybridized carbons (Fsp3) is 0.143. The molecule has 0 atom stereocenters. The van der Waals surface area contributed by atoms with Crippen molar-refractivity contribution in [1.82, 2.24) is 4.98 Å². The molecule has 0 spiro atoms. The third-order valence-electron chi connectivity index (χ3n) is 2.52. The molecular formula is C14H14BrN3O. The van der Waals surface area contributed by atoms with Crippen LogP contribution in [0.1, 0.15) is 11.3 Å². The molecule has 19 heavy (non-hydrogen) atoms. The second-order valence-corrected chi connectivity index (χ2v) is 5.24. The Morgan fingerprint density at radius 3 is 2.79 bits per heavy atom. The van der Waals surface area contributed by atoms with E-state index in [9.17, 15) is 4.79 Å². The van der Waals surface area contributed by atoms with Gasteiger partial charge in [-0.2, -0.15) is 0 Å². The Hall–Kier alpha value is -1.88. The highest BCUT2D eigenvalue weighted by Gasteiger charge is 2.06. The number of rotatable bonds is 3. The van der Waals surface area contributed by atoms with Gasteiger partial charge in [0.05, 0.1) is 18.3 Å². The lowest BCUT2D eigenvalue weighted by molar-refractivity contribution is -0.115. The minimum Gasteiger partial charge on any atom is -0.397 e. The van der Waals surface area contributed by atoms with Crippen molar-refractivity contribution in [3.63, 3.8) is 0 Å². The van der Waals surface area contributed by atoms with E-state index in [2.05, 4.69) is 26.2 Å². The number of halogens is 1. The first-order chi connectivity index (χ1) is 9.02. The Bertz CT molecular complexity index is 576. The summed E-state index contributed by atoms with van der Waals surface area (Å²) in [5, 5.41) is 2.85. The van der Waals surface area contributed by atoms with Gasteiger partial charge in [0.2, 0.25) is 5.91 Å². The van der Waals surface area contributed by atoms with Crippen LogP contribution in [0.5, 0.6) is 0 Å². The Morgan fingerprint density at radius 2 is 2.16 bits per heavy atom. The number of amides is 1. The smallest absolute Gasteiger partial charge is 0.230 e. The molecule has 98 valence electrons. The van der Waals surface area contributed by atoms with E-state index in [1.165, 1.54) is 0 Å². The predicted molar refractivity (Wildman–Crippen MR) is 79.9 cm³/mol. The number of hydrogen-bond donors (Lipinski definition) is 2. The van der Waals surface area contributed by atoms with E-state index in [-0.39, 0.29) is 12.3 Å². The number of nitrogens with zero attached hydrogens (tertiary/aromatic N) is 1. The number of hydrogen-bond acceptors (Lipinski definition) is 3. The molecule has 5 heteroatoms. The van der Waals surface area contributed by atoms with Crippen molar-refractivity contribution in [3.05, 3.63) is 52.3 Å². The minimum absolute atomic E-state index is 0.102. The summed E-state index contributed by atoms with van der Waals surface area (Å²) in [4.78, 5) is 16.0. The van der Waals surface area contributed by atoms with Crippen LogP contribution in [-0.2, 0) is 11.2 Å². The van der Waals surface area contributed by atoms with E-state index in [1.54, 1.807) is 18.3 Å². The number of aryl methyl sites for hydroxylation is 1. The molecule has 0 radical (unpaired) electrons. The van der Waals surface area contributed by atoms with Gasteiger partial charge in [-0.25, -0.2) is 0 Å². The largest absolute Gasteiger partial charge is 0.397 e. The van der Waals surface area contributed by atoms with Gasteiger partial charge in [0, 0.05) is 15.9 Å². The van der Waals surface area contributed by atoms with Gasteiger partial charge in [-0.3, -0.25) is 9.78 Å². The molecule has 2 aromatic rings. The van der Waals surface area contributed by atoms with E-state index in [4.69, 9.17) is 5.73 Å². The normalized spacial score (nSPS) is 10.2. The van der Waals surface area contributed by atoms with Gasteiger partial charge in [-0.1, -0.05) is 15.9 Å². The fourth-order valence-electron chi connectivity index (χ4n) is 1.72. The number of pyridine rings is 1. The molecule has 0 aliphatic rings. The van der Waals surface area contributed by atoms with Gasteiger partial charge in [0.25, 0.3) is 0 Å². The van der Waals surface area contributed by atoms with E-state index < -0.39 is 0 Å². The zero-order chi connectivity index (χ0) is 13.8. The van der Waals surface area contributed by atoms with Gasteiger partial charge in [-0.05, 0) is 42.8 Å². The molecule has 1 heterocycles. The third kappa shape index (κ3) is 4.06. The molecule has 0 saturated carbocycles. The number of carbonyl (C=O) groups is 1. The molecule has 3 N–H and O–H groups in total. The van der Waals surface area contributed by atoms with Gasteiger partial charge < -0.3 is 11.1 Å². The average molecular weight is 320 g/mol. The van der Waals surface area contributed by atoms with Crippen molar-refractivity contribution >= 4 is 33.2 Å². The highest BCUT2D eigenvalue weighted by Crippen LogP contribution is 2.19. The number of nitrogens with one attached hydrogen (secondary N) is 1. The summed E-state index contributed by atoms with van der Waals surface area (Å²) in [7, 11) is 0. The summed E-state index contributed by atoms with van der Waals surface area (Å²) in [5.41, 5.74) is 8.68. The van der Waals surface area contributed by atoms with Gasteiger partial charge in [0.15, 0.2) is 0 Å². The molecule has 0 aliphatic heterocycles. The van der Waals surface area contributed by atoms with Gasteiger partial charge in [0.1, 0.15) is 0 Å². The molecular weight excluding hydrogens is 306 g/mol. The molecule has 0 fully saturated rings. The minimum atomic E-state index is -0.102. The summed E-state index contributed by atoms with van der Waals surface area (Å²) in [6.45, 7) is 1.97. The lowest BCUT2D eigenvalue weighted by atomic mass is 10.2. The quantitative estimate of drug-likeness (QED) is 0.914. The third-order valence-corrected chi connectivity index (χ3v) is 2.97. The Morgan fingerprint density at radius 1 is 1.37 bits per heavy atom. The molecule has 2 rings (SSSR count). The first-order valence-electron chi connectivity index (χ1n) is 5.80. The summed E-state index contributed by atoms with van der Waals surface area (Å²) >= 11 is 3.40. The van der Waals surface area contributed by atoms with Crippen molar-refractivity contribution in [2.75, 3.05) is 11.1 Å². The monoisotopic (exact) mass is 319 g/mol. The molecule has 4 nitrogen and oxygen atoms in total. The zero-order valence-corrected chi connectivity index (χ0v) is 12.1. The molecule has 0 unspecified atom stereocenters. The van der Waals surface area contributed by atoms with Crippen LogP contribution >= 0.6 is 15.9 Å². The van der Waals surface area contributed by atoms with E-state index in [1.807, 2.05) is 25.1 Å². The molecule has 0 saturated heterocycles. The lowest BCUT2D eigenvalue weighted by Gasteiger charge is -2.07. The molecule has 1 aromatic heterocycles. The van der Waals surface area contributed by atoms with Crippen LogP contribution in [0.15, 0.2) is 41.0 Å². The van der Waals surface area contributed by atoms with Crippen LogP contribution in [-0.4, -0.2) is 10.9 Å². The molecule has 0 bridgehead atoms. The number of aromatic nitrogens is 1. The summed E-state index contributed by atoms with van der Waals surface area (Å²) < 4.78 is 0.938. The van der Waals surface area contributed by atoms with Crippen LogP contribution in [0.4, 0.5) is 11.4 Å². The second-order valence-electron chi connectivity index (χ2n) is 4.33. The van der Waals surface area contributed by atoms with Crippen molar-refractivity contribution in [2.45, 2.75) is 13.3 Å². The maximum atomic E-state index is 11.9. The first-order valence-corrected chi connectivity index (χ1v) is 6.60. The van der Waals surface area contributed by atoms with E-state index in [0.717, 1.165) is 15.7 Å². The zero-order valence-electron chi connectivity index (χ0n) is 10.5. The van der Waals surface area contributed by atoms with Crippen molar-refractivity contribution in [3.8, 4) is 0 Å². The Kier molecular flexibility index (Phi) is 4.16. The SMILES string of the molecule is Cc1cc(Br)cc(NC(=O)Cc2ccc(N)cn2)c1. The summed E-state index contributed by atoms with van der Waals surface area (Å²) in [5.74, 6) is -0.102. The number of benzene rings is 1. The topological polar surface area (TPSA) is 68.0 Å². The molecule has 1 aromatic carbocycles. The molecule has 0 aliphatic carbocycles. The summed E-state index contributed by atoms with van der Waals surface area (Å²) in [6.07, 6.45) is 1.78. The van der Waals surface area contributed by atoms with E-state index in [0.29, 0.717) is 11.4 Å². The first kappa shape index (κ1) is 13.5. The van der Waals surface area contributed by atoms with Crippen molar-refractivity contribution in [2.24, 2.45) is 0 Å². The second kappa shape index (κ2) is 5.84. The van der Waals surface area contributed by atoms with Crippen LogP contribution in [0, 0.1) is 6.92 Å². The standard InChI is InChI=1S/C14H14BrN3O/c1-9-4-10(15)6-13(5-9)18-14(19)7-12-3-2-11(16)8-17-12/h2-6,8H,7,16H2,1H3,(H,18,19). The average Bonchev–Trinajstić information content (AvgIpc) is 2.30. The van der Waals surface area contributed by atoms with Gasteiger partial charge >= 0.3 is 0 Å². The fourth-order valence-corrected chi connectivity index (χ4v) is 2.33. The van der Waals surface area contributed by atoms with Gasteiger partial charge in [-0.15, -0.1) is 0 Å². The summed E-state index contributed by atoms with van der Waals surface area (Å²) in [6, 6.07) is 9.25. The number of carbonyl (C=O) groups excluding carboxylic acids is 1. The predicted octanol–water partition coefficient (Wildman–Crippen LogP) is 2.92. The number of nitrogens with two attached hydrogens (primary N) is 1. The van der Waals surface area contributed by atoms with Crippen LogP contribution in [0.25, 0.3) is 0 Å². The maximum absolute atomic E-state index is 11.9. The highest BCUT2D eigenvalue weighted by molar-refractivity contribution is 9.10. The molecule has 1 amide bonds. The van der Waals surface area contributed by atoms with Crippen molar-refractivity contribution < 1.29 is 4.79 Å². The van der Waals surface area contributed by atoms with Crippen molar-refractivity contribution in [1.29, 1.82) is 0 Å². The van der Waals surface area contributed by atoms with Crippen LogP contribution in [0.2, 0.25) is 0 Å². The van der Waals surface area contributed by atoms with Crippen LogP contribution in [0.3, 0.4) is 0 Å². The van der Waals surface area contributed by atoms with E-state index >= 15 is 0 Å². The highest BCUT2D eigenvalue weighted by atomic mass is 79.9. The maximum Gasteiger partial charge on any atom is 0.230 e. The Balaban J connectivity index is 2.03. The number of nitrogen functional groups attached to an aromatic ring is 1. The van der Waals surface area contributed by atoms with Crippen LogP contribution < -0.4 is 11.1 Å². The number of anilines is 2. The lowest BCUT2D eigenvalue weighted by Crippen LogP contribution is -2.15.